The van der Waals surface area contributed by atoms with Gasteiger partial charge in [0.15, 0.2) is 0 Å². The van der Waals surface area contributed by atoms with E-state index in [0.29, 0.717) is 5.69 Å². The molecule has 1 heterocycles. The van der Waals surface area contributed by atoms with Gasteiger partial charge in [-0.15, -0.1) is 0 Å². The van der Waals surface area contributed by atoms with Crippen LogP contribution in [-0.2, 0) is 19.7 Å². The Balaban J connectivity index is 1.18. The minimum Gasteiger partial charge on any atom is -0.449 e. The molecule has 0 aromatic heterocycles. The third-order valence-corrected chi connectivity index (χ3v) is 9.33. The summed E-state index contributed by atoms with van der Waals surface area (Å²) in [5.41, 5.74) is 4.18. The second-order valence-corrected chi connectivity index (χ2v) is 12.5. The van der Waals surface area contributed by atoms with Crippen LogP contribution in [0.25, 0.3) is 11.1 Å². The minimum atomic E-state index is -1.12. The number of amides is 3. The number of ether oxygens (including phenoxy) is 1. The van der Waals surface area contributed by atoms with E-state index in [2.05, 4.69) is 22.8 Å². The molecule has 3 atom stereocenters. The Bertz CT molecular complexity index is 1780. The number of nitrogens with zero attached hydrogens (tertiary/aromatic N) is 1. The summed E-state index contributed by atoms with van der Waals surface area (Å²) >= 11 is 0. The van der Waals surface area contributed by atoms with E-state index in [1.54, 1.807) is 26.0 Å². The first-order valence-corrected chi connectivity index (χ1v) is 15.3. The summed E-state index contributed by atoms with van der Waals surface area (Å²) in [4.78, 5) is 42.3. The Morgan fingerprint density at radius 1 is 0.826 bits per heavy atom. The van der Waals surface area contributed by atoms with Gasteiger partial charge in [-0.25, -0.2) is 13.6 Å². The molecule has 7 nitrogen and oxygen atoms in total. The lowest BCUT2D eigenvalue weighted by Crippen LogP contribution is -2.55. The van der Waals surface area contributed by atoms with Crippen molar-refractivity contribution in [1.82, 2.24) is 5.32 Å². The topological polar surface area (TPSA) is 87.7 Å². The van der Waals surface area contributed by atoms with Gasteiger partial charge in [-0.3, -0.25) is 14.5 Å². The summed E-state index contributed by atoms with van der Waals surface area (Å²) < 4.78 is 34.7. The zero-order chi connectivity index (χ0) is 32.7. The van der Waals surface area contributed by atoms with Crippen LogP contribution in [0.3, 0.4) is 0 Å². The minimum absolute atomic E-state index is 0.116. The van der Waals surface area contributed by atoms with Gasteiger partial charge in [0, 0.05) is 23.1 Å². The highest BCUT2D eigenvalue weighted by atomic mass is 19.1. The van der Waals surface area contributed by atoms with E-state index in [0.717, 1.165) is 39.9 Å². The van der Waals surface area contributed by atoms with Crippen molar-refractivity contribution in [3.63, 3.8) is 0 Å². The van der Waals surface area contributed by atoms with Crippen molar-refractivity contribution in [2.45, 2.75) is 51.1 Å². The lowest BCUT2D eigenvalue weighted by Gasteiger charge is -2.34. The number of hydrogen-bond acceptors (Lipinski definition) is 4. The smallest absolute Gasteiger partial charge is 0.407 e. The summed E-state index contributed by atoms with van der Waals surface area (Å²) in [7, 11) is 0. The molecule has 3 unspecified atom stereocenters. The first-order chi connectivity index (χ1) is 22.0. The van der Waals surface area contributed by atoms with Gasteiger partial charge in [0.25, 0.3) is 0 Å². The quantitative estimate of drug-likeness (QED) is 0.229. The van der Waals surface area contributed by atoms with E-state index in [1.807, 2.05) is 62.4 Å². The molecule has 0 saturated heterocycles. The van der Waals surface area contributed by atoms with E-state index < -0.39 is 58.6 Å². The number of nitrogens with one attached hydrogen (secondary N) is 2. The van der Waals surface area contributed by atoms with E-state index in [-0.39, 0.29) is 12.5 Å². The van der Waals surface area contributed by atoms with Gasteiger partial charge in [-0.1, -0.05) is 93.6 Å². The number of para-hydroxylation sites is 2. The van der Waals surface area contributed by atoms with Gasteiger partial charge in [0.05, 0.1) is 5.92 Å². The molecule has 0 fully saturated rings. The zero-order valence-electron chi connectivity index (χ0n) is 26.0. The molecular weight excluding hydrogens is 588 g/mol. The number of carbonyl (C=O) groups excluding carboxylic acids is 3. The van der Waals surface area contributed by atoms with Crippen LogP contribution in [0.4, 0.5) is 25.0 Å². The molecule has 0 spiro atoms. The number of hydrogen-bond donors (Lipinski definition) is 2. The maximum atomic E-state index is 14.5. The van der Waals surface area contributed by atoms with Crippen LogP contribution in [-0.4, -0.2) is 36.6 Å². The Kier molecular flexibility index (Phi) is 8.10. The van der Waals surface area contributed by atoms with Gasteiger partial charge in [0.2, 0.25) is 11.8 Å². The Morgan fingerprint density at radius 3 is 2.02 bits per heavy atom. The molecule has 0 saturated carbocycles. The third-order valence-electron chi connectivity index (χ3n) is 9.33. The lowest BCUT2D eigenvalue weighted by atomic mass is 9.80. The number of alkyl carbamates (subject to hydrolysis) is 1. The molecule has 1 aliphatic heterocycles. The predicted molar refractivity (Wildman–Crippen MR) is 173 cm³/mol. The van der Waals surface area contributed by atoms with Crippen LogP contribution in [0.2, 0.25) is 0 Å². The van der Waals surface area contributed by atoms with Crippen molar-refractivity contribution in [3.05, 3.63) is 119 Å². The highest BCUT2D eigenvalue weighted by molar-refractivity contribution is 6.09. The summed E-state index contributed by atoms with van der Waals surface area (Å²) in [6, 6.07) is 24.7. The lowest BCUT2D eigenvalue weighted by molar-refractivity contribution is -0.126. The fourth-order valence-electron chi connectivity index (χ4n) is 6.72. The molecule has 236 valence electrons. The van der Waals surface area contributed by atoms with E-state index >= 15 is 0 Å². The van der Waals surface area contributed by atoms with Crippen LogP contribution < -0.4 is 15.5 Å². The Labute approximate surface area is 266 Å². The summed E-state index contributed by atoms with van der Waals surface area (Å²) in [5, 5.41) is 5.17. The monoisotopic (exact) mass is 623 g/mol. The molecule has 0 radical (unpaired) electrons. The van der Waals surface area contributed by atoms with Crippen molar-refractivity contribution < 1.29 is 27.9 Å². The van der Waals surface area contributed by atoms with Crippen LogP contribution in [0.1, 0.15) is 50.3 Å². The Hall–Kier alpha value is -5.05. The number of fused-ring (bicyclic) bond motifs is 4. The molecular formula is C37H35F2N3O4. The van der Waals surface area contributed by atoms with E-state index in [1.165, 1.54) is 11.0 Å². The van der Waals surface area contributed by atoms with E-state index in [9.17, 15) is 23.2 Å². The normalized spacial score (nSPS) is 17.3. The molecule has 2 N–H and O–H groups in total. The van der Waals surface area contributed by atoms with Gasteiger partial charge in [-0.2, -0.15) is 0 Å². The molecule has 46 heavy (non-hydrogen) atoms. The van der Waals surface area contributed by atoms with Crippen LogP contribution in [0.5, 0.6) is 0 Å². The number of rotatable bonds is 7. The molecule has 4 aromatic carbocycles. The second kappa shape index (κ2) is 12.0. The van der Waals surface area contributed by atoms with Gasteiger partial charge in [-0.05, 0) is 52.9 Å². The molecule has 6 rings (SSSR count). The standard InChI is InChI=1S/C37H35F2N3O4/c1-21(22(2)40-36(45)46-20-27-25-14-7-5-12-23(25)24-13-6-8-15-26(24)27)35(44)42-31-19-10-9-16-28(31)37(3,4)33(42)34(43)41-32-29(38)17-11-18-30(32)39/h5-19,21-22,27,33H,20H2,1-4H3,(H,40,45)(H,41,43). The molecule has 1 aliphatic carbocycles. The molecule has 4 aromatic rings. The van der Waals surface area contributed by atoms with Crippen molar-refractivity contribution >= 4 is 29.3 Å². The summed E-state index contributed by atoms with van der Waals surface area (Å²) in [5.74, 6) is -3.92. The third kappa shape index (κ3) is 5.29. The molecule has 0 bridgehead atoms. The summed E-state index contributed by atoms with van der Waals surface area (Å²) in [6.07, 6.45) is -0.666. The van der Waals surface area contributed by atoms with Gasteiger partial charge < -0.3 is 15.4 Å². The highest BCUT2D eigenvalue weighted by Gasteiger charge is 2.52. The van der Waals surface area contributed by atoms with Crippen molar-refractivity contribution in [3.8, 4) is 11.1 Å². The average Bonchev–Trinajstić information content (AvgIpc) is 3.49. The molecule has 9 heteroatoms. The van der Waals surface area contributed by atoms with Gasteiger partial charge in [0.1, 0.15) is 30.0 Å². The van der Waals surface area contributed by atoms with Crippen LogP contribution in [0, 0.1) is 17.6 Å². The summed E-state index contributed by atoms with van der Waals surface area (Å²) in [6.45, 7) is 7.10. The number of anilines is 2. The fraction of sp³-hybridized carbons (Fsp3) is 0.270. The number of carbonyl (C=O) groups is 3. The first-order valence-electron chi connectivity index (χ1n) is 15.3. The maximum Gasteiger partial charge on any atom is 0.407 e. The maximum absolute atomic E-state index is 14.5. The zero-order valence-corrected chi connectivity index (χ0v) is 26.0. The fourth-order valence-corrected chi connectivity index (χ4v) is 6.72. The molecule has 2 aliphatic rings. The van der Waals surface area contributed by atoms with Crippen molar-refractivity contribution in [2.24, 2.45) is 5.92 Å². The number of halogens is 2. The van der Waals surface area contributed by atoms with Crippen molar-refractivity contribution in [2.75, 3.05) is 16.8 Å². The van der Waals surface area contributed by atoms with Crippen LogP contribution >= 0.6 is 0 Å². The highest BCUT2D eigenvalue weighted by Crippen LogP contribution is 2.47. The largest absolute Gasteiger partial charge is 0.449 e. The average molecular weight is 624 g/mol. The van der Waals surface area contributed by atoms with E-state index in [4.69, 9.17) is 4.74 Å². The number of benzene rings is 4. The predicted octanol–water partition coefficient (Wildman–Crippen LogP) is 7.16. The Morgan fingerprint density at radius 2 is 1.39 bits per heavy atom. The van der Waals surface area contributed by atoms with Gasteiger partial charge >= 0.3 is 6.09 Å². The second-order valence-electron chi connectivity index (χ2n) is 12.5. The molecule has 3 amide bonds. The van der Waals surface area contributed by atoms with Crippen molar-refractivity contribution in [1.29, 1.82) is 0 Å². The SMILES string of the molecule is CC(NC(=O)OCC1c2ccccc2-c2ccccc21)C(C)C(=O)N1c2ccccc2C(C)(C)C1C(=O)Nc1c(F)cccc1F. The first kappa shape index (κ1) is 31.0. The van der Waals surface area contributed by atoms with Crippen LogP contribution in [0.15, 0.2) is 91.0 Å².